The second-order valence-corrected chi connectivity index (χ2v) is 7.25. The van der Waals surface area contributed by atoms with Crippen molar-refractivity contribution in [2.75, 3.05) is 11.1 Å². The Balaban J connectivity index is 1.61. The highest BCUT2D eigenvalue weighted by Gasteiger charge is 2.12. The Morgan fingerprint density at radius 2 is 1.77 bits per heavy atom. The largest absolute Gasteiger partial charge is 0.411 e. The number of amides is 1. The van der Waals surface area contributed by atoms with Gasteiger partial charge in [0.05, 0.1) is 5.75 Å². The van der Waals surface area contributed by atoms with Crippen molar-refractivity contribution in [2.24, 2.45) is 0 Å². The summed E-state index contributed by atoms with van der Waals surface area (Å²) in [6.07, 6.45) is 0. The maximum atomic E-state index is 12.2. The maximum absolute atomic E-state index is 12.2. The van der Waals surface area contributed by atoms with Crippen LogP contribution in [0.2, 0.25) is 0 Å². The first-order valence-corrected chi connectivity index (χ1v) is 9.32. The Morgan fingerprint density at radius 3 is 2.54 bits per heavy atom. The molecule has 0 aliphatic carbocycles. The Hall–Kier alpha value is -2.60. The zero-order valence-corrected chi connectivity index (χ0v) is 16.1. The lowest BCUT2D eigenvalue weighted by Gasteiger charge is -2.08. The van der Waals surface area contributed by atoms with Gasteiger partial charge in [0.25, 0.3) is 5.22 Å². The summed E-state index contributed by atoms with van der Waals surface area (Å²) in [4.78, 5) is 12.2. The first kappa shape index (κ1) is 18.2. The molecule has 1 N–H and O–H groups in total. The average Bonchev–Trinajstić information content (AvgIpc) is 3.08. The van der Waals surface area contributed by atoms with Gasteiger partial charge >= 0.3 is 0 Å². The number of carbonyl (C=O) groups is 1. The van der Waals surface area contributed by atoms with Crippen LogP contribution in [0.4, 0.5) is 5.69 Å². The molecule has 6 heteroatoms. The summed E-state index contributed by atoms with van der Waals surface area (Å²) < 4.78 is 5.67. The van der Waals surface area contributed by atoms with E-state index in [9.17, 15) is 4.79 Å². The molecular weight excluding hydrogens is 346 g/mol. The monoisotopic (exact) mass is 367 g/mol. The molecule has 134 valence electrons. The average molecular weight is 367 g/mol. The minimum absolute atomic E-state index is 0.102. The SMILES string of the molecule is Cc1ccc(C)c(NC(=O)CSc2nnc(-c3ccc(C)c(C)c3)o2)c1. The van der Waals surface area contributed by atoms with E-state index in [1.54, 1.807) is 0 Å². The number of nitrogens with zero attached hydrogens (tertiary/aromatic N) is 2. The van der Waals surface area contributed by atoms with Gasteiger partial charge in [-0.1, -0.05) is 30.0 Å². The zero-order valence-electron chi connectivity index (χ0n) is 15.3. The highest BCUT2D eigenvalue weighted by atomic mass is 32.2. The van der Waals surface area contributed by atoms with Crippen molar-refractivity contribution in [3.8, 4) is 11.5 Å². The smallest absolute Gasteiger partial charge is 0.277 e. The fraction of sp³-hybridized carbons (Fsp3) is 0.250. The quantitative estimate of drug-likeness (QED) is 0.662. The van der Waals surface area contributed by atoms with E-state index in [2.05, 4.69) is 22.4 Å². The molecule has 1 aromatic heterocycles. The molecule has 0 unspecified atom stereocenters. The number of aryl methyl sites for hydroxylation is 4. The number of anilines is 1. The molecule has 1 amide bonds. The van der Waals surface area contributed by atoms with E-state index in [0.717, 1.165) is 22.4 Å². The Labute approximate surface area is 157 Å². The molecule has 0 radical (unpaired) electrons. The van der Waals surface area contributed by atoms with Crippen LogP contribution >= 0.6 is 11.8 Å². The van der Waals surface area contributed by atoms with Crippen LogP contribution in [-0.2, 0) is 4.79 Å². The summed E-state index contributed by atoms with van der Waals surface area (Å²) in [6.45, 7) is 8.07. The molecule has 0 bridgehead atoms. The molecule has 0 aliphatic rings. The summed E-state index contributed by atoms with van der Waals surface area (Å²) in [5.41, 5.74) is 6.23. The van der Waals surface area contributed by atoms with Gasteiger partial charge in [0.2, 0.25) is 11.8 Å². The van der Waals surface area contributed by atoms with E-state index in [0.29, 0.717) is 11.1 Å². The highest BCUT2D eigenvalue weighted by Crippen LogP contribution is 2.25. The summed E-state index contributed by atoms with van der Waals surface area (Å²) in [7, 11) is 0. The van der Waals surface area contributed by atoms with Gasteiger partial charge < -0.3 is 9.73 Å². The fourth-order valence-electron chi connectivity index (χ4n) is 2.44. The van der Waals surface area contributed by atoms with Crippen molar-refractivity contribution >= 4 is 23.4 Å². The summed E-state index contributed by atoms with van der Waals surface area (Å²) in [6, 6.07) is 12.0. The standard InChI is InChI=1S/C20H21N3O2S/c1-12-5-6-14(3)17(9-12)21-18(24)11-26-20-23-22-19(25-20)16-8-7-13(2)15(4)10-16/h5-10H,11H2,1-4H3,(H,21,24). The van der Waals surface area contributed by atoms with Crippen molar-refractivity contribution < 1.29 is 9.21 Å². The molecule has 0 saturated carbocycles. The van der Waals surface area contributed by atoms with E-state index in [4.69, 9.17) is 4.42 Å². The summed E-state index contributed by atoms with van der Waals surface area (Å²) in [5.74, 6) is 0.572. The van der Waals surface area contributed by atoms with Crippen LogP contribution in [0.1, 0.15) is 22.3 Å². The van der Waals surface area contributed by atoms with Gasteiger partial charge in [-0.15, -0.1) is 10.2 Å². The third-order valence-corrected chi connectivity index (χ3v) is 4.97. The summed E-state index contributed by atoms with van der Waals surface area (Å²) in [5, 5.41) is 11.4. The van der Waals surface area contributed by atoms with Gasteiger partial charge in [-0.05, 0) is 68.1 Å². The van der Waals surface area contributed by atoms with Gasteiger partial charge in [0.15, 0.2) is 0 Å². The molecule has 0 atom stereocenters. The lowest BCUT2D eigenvalue weighted by Crippen LogP contribution is -2.14. The maximum Gasteiger partial charge on any atom is 0.277 e. The third-order valence-electron chi connectivity index (χ3n) is 4.15. The Morgan fingerprint density at radius 1 is 1.00 bits per heavy atom. The van der Waals surface area contributed by atoms with Crippen molar-refractivity contribution in [2.45, 2.75) is 32.9 Å². The molecule has 26 heavy (non-hydrogen) atoms. The number of aromatic nitrogens is 2. The molecule has 0 saturated heterocycles. The molecule has 2 aromatic carbocycles. The normalized spacial score (nSPS) is 10.8. The number of carbonyl (C=O) groups excluding carboxylic acids is 1. The topological polar surface area (TPSA) is 68.0 Å². The number of hydrogen-bond acceptors (Lipinski definition) is 5. The van der Waals surface area contributed by atoms with Crippen LogP contribution in [0.25, 0.3) is 11.5 Å². The number of thioether (sulfide) groups is 1. The molecule has 3 rings (SSSR count). The zero-order chi connectivity index (χ0) is 18.7. The van der Waals surface area contributed by atoms with Crippen LogP contribution in [0.5, 0.6) is 0 Å². The molecule has 0 fully saturated rings. The van der Waals surface area contributed by atoms with Crippen LogP contribution in [0.3, 0.4) is 0 Å². The Kier molecular flexibility index (Phi) is 5.42. The minimum Gasteiger partial charge on any atom is -0.411 e. The van der Waals surface area contributed by atoms with Crippen LogP contribution in [-0.4, -0.2) is 21.9 Å². The van der Waals surface area contributed by atoms with E-state index in [-0.39, 0.29) is 11.7 Å². The van der Waals surface area contributed by atoms with Gasteiger partial charge in [-0.2, -0.15) is 0 Å². The van der Waals surface area contributed by atoms with E-state index in [1.807, 2.05) is 57.2 Å². The van der Waals surface area contributed by atoms with Gasteiger partial charge in [-0.25, -0.2) is 0 Å². The van der Waals surface area contributed by atoms with Gasteiger partial charge in [-0.3, -0.25) is 4.79 Å². The van der Waals surface area contributed by atoms with Crippen LogP contribution in [0, 0.1) is 27.7 Å². The van der Waals surface area contributed by atoms with Crippen LogP contribution < -0.4 is 5.32 Å². The number of nitrogens with one attached hydrogen (secondary N) is 1. The predicted octanol–water partition coefficient (Wildman–Crippen LogP) is 4.70. The predicted molar refractivity (Wildman–Crippen MR) is 104 cm³/mol. The lowest BCUT2D eigenvalue weighted by atomic mass is 10.1. The van der Waals surface area contributed by atoms with E-state index < -0.39 is 0 Å². The number of benzene rings is 2. The van der Waals surface area contributed by atoms with Crippen LogP contribution in [0.15, 0.2) is 46.0 Å². The minimum atomic E-state index is -0.102. The van der Waals surface area contributed by atoms with E-state index in [1.165, 1.54) is 22.9 Å². The molecule has 3 aromatic rings. The molecule has 5 nitrogen and oxygen atoms in total. The highest BCUT2D eigenvalue weighted by molar-refractivity contribution is 7.99. The second-order valence-electron chi connectivity index (χ2n) is 6.33. The number of rotatable bonds is 5. The Bertz CT molecular complexity index is 950. The van der Waals surface area contributed by atoms with Crippen molar-refractivity contribution in [3.05, 3.63) is 58.7 Å². The fourth-order valence-corrected chi connectivity index (χ4v) is 3.01. The van der Waals surface area contributed by atoms with E-state index >= 15 is 0 Å². The van der Waals surface area contributed by atoms with Gasteiger partial charge in [0.1, 0.15) is 0 Å². The molecule has 0 spiro atoms. The van der Waals surface area contributed by atoms with Crippen molar-refractivity contribution in [1.29, 1.82) is 0 Å². The third kappa shape index (κ3) is 4.32. The van der Waals surface area contributed by atoms with Gasteiger partial charge in [0, 0.05) is 11.3 Å². The second kappa shape index (κ2) is 7.74. The van der Waals surface area contributed by atoms with Crippen molar-refractivity contribution in [3.63, 3.8) is 0 Å². The molecule has 1 heterocycles. The number of hydrogen-bond donors (Lipinski definition) is 1. The first-order valence-electron chi connectivity index (χ1n) is 8.33. The summed E-state index contributed by atoms with van der Waals surface area (Å²) >= 11 is 1.23. The first-order chi connectivity index (χ1) is 12.4. The lowest BCUT2D eigenvalue weighted by molar-refractivity contribution is -0.113. The molecular formula is C20H21N3O2S. The molecule has 0 aliphatic heterocycles. The van der Waals surface area contributed by atoms with Crippen molar-refractivity contribution in [1.82, 2.24) is 10.2 Å².